The van der Waals surface area contributed by atoms with Crippen molar-refractivity contribution in [3.63, 3.8) is 0 Å². The molecular weight excluding hydrogens is 559 g/mol. The van der Waals surface area contributed by atoms with Gasteiger partial charge in [-0.05, 0) is 104 Å². The van der Waals surface area contributed by atoms with E-state index < -0.39 is 35.7 Å². The molecule has 3 unspecified atom stereocenters. The van der Waals surface area contributed by atoms with E-state index in [-0.39, 0.29) is 41.0 Å². The number of unbranched alkanes of at least 4 members (excludes halogenated alkanes) is 6. The zero-order valence-electron chi connectivity index (χ0n) is 26.1. The second-order valence-corrected chi connectivity index (χ2v) is 14.7. The highest BCUT2D eigenvalue weighted by atomic mass is 32.2. The van der Waals surface area contributed by atoms with Gasteiger partial charge in [0.05, 0.1) is 8.85 Å². The third-order valence-corrected chi connectivity index (χ3v) is 11.9. The van der Waals surface area contributed by atoms with Crippen molar-refractivity contribution in [1.82, 2.24) is 0 Å². The van der Waals surface area contributed by atoms with Gasteiger partial charge in [-0.1, -0.05) is 51.5 Å². The van der Waals surface area contributed by atoms with Crippen LogP contribution in [0, 0.1) is 23.2 Å². The number of halogens is 5. The van der Waals surface area contributed by atoms with Crippen LogP contribution < -0.4 is 0 Å². The van der Waals surface area contributed by atoms with Gasteiger partial charge >= 0.3 is 12.1 Å². The maximum absolute atomic E-state index is 13.0. The molecule has 3 aliphatic rings. The van der Waals surface area contributed by atoms with E-state index in [0.717, 1.165) is 88.2 Å². The van der Waals surface area contributed by atoms with Crippen LogP contribution in [0.5, 0.6) is 5.75 Å². The van der Waals surface area contributed by atoms with E-state index in [2.05, 4.69) is 6.92 Å². The Balaban J connectivity index is 1.20. The number of fused-ring (bicyclic) bond motifs is 5. The first-order chi connectivity index (χ1) is 20.2. The van der Waals surface area contributed by atoms with Gasteiger partial charge in [0.1, 0.15) is 5.75 Å². The van der Waals surface area contributed by atoms with Crippen LogP contribution in [-0.4, -0.2) is 44.1 Å². The predicted octanol–water partition coefficient (Wildman–Crippen LogP) is 8.68. The van der Waals surface area contributed by atoms with Crippen LogP contribution >= 0.6 is 0 Å². The molecule has 234 valence electrons. The molecule has 0 heterocycles. The monoisotopic (exact) mass is 608 g/mol. The number of benzene rings is 1. The number of rotatable bonds is 14. The number of phenols is 1. The van der Waals surface area contributed by atoms with Gasteiger partial charge in [0.2, 0.25) is 0 Å². The summed E-state index contributed by atoms with van der Waals surface area (Å²) in [5.41, 5.74) is 1.88. The minimum Gasteiger partial charge on any atom is -0.508 e. The Hall–Kier alpha value is -1.22. The first-order valence-electron chi connectivity index (χ1n) is 16.5. The average molecular weight is 609 g/mol. The Kier molecular flexibility index (Phi) is 9.90. The van der Waals surface area contributed by atoms with Gasteiger partial charge in [0.15, 0.2) is 0 Å². The topological polar surface area (TPSA) is 57.5 Å². The number of aliphatic hydroxyl groups is 1. The SMILES string of the molecule is [2H]c1cc2c(c([2H])c1O)C[C@@H](CCCCCCCCCS(=O)CCCC(F)(F)C(F)(F)F)C1C2CC[C@]2(C)[C@@H](O)CC[C@@H]12. The molecule has 7 atom stereocenters. The van der Waals surface area contributed by atoms with Crippen LogP contribution in [0.15, 0.2) is 18.2 Å². The molecule has 9 heteroatoms. The van der Waals surface area contributed by atoms with Gasteiger partial charge in [0, 0.05) is 28.7 Å². The van der Waals surface area contributed by atoms with Crippen molar-refractivity contribution in [2.75, 3.05) is 11.5 Å². The Morgan fingerprint density at radius 1 is 1.00 bits per heavy atom. The van der Waals surface area contributed by atoms with Crippen molar-refractivity contribution in [2.45, 2.75) is 127 Å². The smallest absolute Gasteiger partial charge is 0.453 e. The normalized spacial score (nSPS) is 31.1. The molecule has 0 aromatic heterocycles. The Labute approximate surface area is 247 Å². The molecule has 41 heavy (non-hydrogen) atoms. The molecular formula is C32H47F5O3S. The molecule has 0 bridgehead atoms. The first-order valence-corrected chi connectivity index (χ1v) is 17.0. The molecule has 0 radical (unpaired) electrons. The molecule has 2 saturated carbocycles. The van der Waals surface area contributed by atoms with Crippen LogP contribution in [0.25, 0.3) is 0 Å². The van der Waals surface area contributed by atoms with Crippen LogP contribution in [0.2, 0.25) is 0 Å². The summed E-state index contributed by atoms with van der Waals surface area (Å²) in [4.78, 5) is 0. The summed E-state index contributed by atoms with van der Waals surface area (Å²) >= 11 is 0. The summed E-state index contributed by atoms with van der Waals surface area (Å²) in [5, 5.41) is 21.2. The van der Waals surface area contributed by atoms with E-state index >= 15 is 0 Å². The Bertz CT molecular complexity index is 1130. The number of aromatic hydroxyl groups is 1. The van der Waals surface area contributed by atoms with Gasteiger partial charge in [0.25, 0.3) is 0 Å². The fraction of sp³-hybridized carbons (Fsp3) is 0.812. The van der Waals surface area contributed by atoms with E-state index in [1.807, 2.05) is 0 Å². The molecule has 3 nitrogen and oxygen atoms in total. The molecule has 3 aliphatic carbocycles. The van der Waals surface area contributed by atoms with Crippen molar-refractivity contribution in [3.05, 3.63) is 29.3 Å². The van der Waals surface area contributed by atoms with Gasteiger partial charge in [-0.25, -0.2) is 0 Å². The minimum atomic E-state index is -5.56. The van der Waals surface area contributed by atoms with Crippen LogP contribution in [0.4, 0.5) is 22.0 Å². The molecule has 0 amide bonds. The number of alkyl halides is 5. The number of hydrogen-bond acceptors (Lipinski definition) is 3. The lowest BCUT2D eigenvalue weighted by atomic mass is 9.52. The first kappa shape index (κ1) is 29.8. The lowest BCUT2D eigenvalue weighted by Gasteiger charge is -2.53. The van der Waals surface area contributed by atoms with Gasteiger partial charge in [-0.2, -0.15) is 22.0 Å². The number of hydrogen-bond donors (Lipinski definition) is 2. The number of aliphatic hydroxyl groups excluding tert-OH is 1. The summed E-state index contributed by atoms with van der Waals surface area (Å²) < 4.78 is 91.4. The predicted molar refractivity (Wildman–Crippen MR) is 153 cm³/mol. The molecule has 1 aromatic carbocycles. The second kappa shape index (κ2) is 13.6. The fourth-order valence-electron chi connectivity index (χ4n) is 8.12. The molecule has 4 rings (SSSR count). The fourth-order valence-corrected chi connectivity index (χ4v) is 9.31. The highest BCUT2D eigenvalue weighted by molar-refractivity contribution is 7.84. The lowest BCUT2D eigenvalue weighted by Crippen LogP contribution is -2.47. The minimum absolute atomic E-state index is 0.0255. The molecule has 0 spiro atoms. The molecule has 2 fully saturated rings. The zero-order valence-corrected chi connectivity index (χ0v) is 24.9. The second-order valence-electron chi connectivity index (χ2n) is 13.0. The highest BCUT2D eigenvalue weighted by Gasteiger charge is 2.57. The van der Waals surface area contributed by atoms with E-state index in [1.165, 1.54) is 0 Å². The van der Waals surface area contributed by atoms with Crippen LogP contribution in [-0.2, 0) is 17.2 Å². The van der Waals surface area contributed by atoms with E-state index in [4.69, 9.17) is 2.74 Å². The standard InChI is InChI=1S/C32H47F5O3S/c1-30-17-15-26-25-12-11-24(38)21-23(25)20-22(29(26)27(30)13-14-28(30)39)10-7-5-3-2-4-6-8-18-41(40)19-9-16-31(33,34)32(35,36)37/h11-12,21-22,26-29,38-39H,2-10,13-20H2,1H3/t22-,26?,27+,28+,29?,30+,41?/m1/s1/i11D,21D. The van der Waals surface area contributed by atoms with Gasteiger partial charge in [-0.3, -0.25) is 4.21 Å². The lowest BCUT2D eigenvalue weighted by molar-refractivity contribution is -0.284. The summed E-state index contributed by atoms with van der Waals surface area (Å²) in [6.07, 6.45) is 4.57. The Morgan fingerprint density at radius 2 is 1.66 bits per heavy atom. The summed E-state index contributed by atoms with van der Waals surface area (Å²) in [5.74, 6) is -3.31. The molecule has 2 N–H and O–H groups in total. The van der Waals surface area contributed by atoms with Gasteiger partial charge < -0.3 is 10.2 Å². The van der Waals surface area contributed by atoms with Crippen LogP contribution in [0.1, 0.15) is 117 Å². The van der Waals surface area contributed by atoms with Crippen molar-refractivity contribution in [1.29, 1.82) is 0 Å². The summed E-state index contributed by atoms with van der Waals surface area (Å²) in [6, 6.07) is 1.91. The summed E-state index contributed by atoms with van der Waals surface area (Å²) in [6.45, 7) is 2.24. The van der Waals surface area contributed by atoms with E-state index in [9.17, 15) is 36.4 Å². The third-order valence-electron chi connectivity index (χ3n) is 10.4. The van der Waals surface area contributed by atoms with E-state index in [1.54, 1.807) is 6.07 Å². The quantitative estimate of drug-likeness (QED) is 0.164. The average Bonchev–Trinajstić information content (AvgIpc) is 3.24. The third kappa shape index (κ3) is 7.66. The van der Waals surface area contributed by atoms with Crippen LogP contribution in [0.3, 0.4) is 0 Å². The maximum Gasteiger partial charge on any atom is 0.453 e. The zero-order chi connectivity index (χ0) is 31.6. The molecule has 0 aliphatic heterocycles. The maximum atomic E-state index is 13.0. The highest BCUT2D eigenvalue weighted by Crippen LogP contribution is 2.62. The van der Waals surface area contributed by atoms with Gasteiger partial charge in [-0.15, -0.1) is 0 Å². The van der Waals surface area contributed by atoms with Crippen molar-refractivity contribution < 1.29 is 39.1 Å². The molecule has 1 aromatic rings. The largest absolute Gasteiger partial charge is 0.508 e. The van der Waals surface area contributed by atoms with E-state index in [0.29, 0.717) is 29.9 Å². The summed E-state index contributed by atoms with van der Waals surface area (Å²) in [7, 11) is -1.38. The van der Waals surface area contributed by atoms with Crippen molar-refractivity contribution in [3.8, 4) is 5.75 Å². The Morgan fingerprint density at radius 3 is 2.37 bits per heavy atom. The van der Waals surface area contributed by atoms with Crippen molar-refractivity contribution in [2.24, 2.45) is 23.2 Å². The van der Waals surface area contributed by atoms with Crippen molar-refractivity contribution >= 4 is 10.8 Å². The molecule has 0 saturated heterocycles. The number of phenolic OH excluding ortho intramolecular Hbond substituents is 1.